The number of hydrogen-bond donors (Lipinski definition) is 2. The second kappa shape index (κ2) is 5.56. The zero-order chi connectivity index (χ0) is 13.9. The Balaban J connectivity index is 2.82. The van der Waals surface area contributed by atoms with Gasteiger partial charge in [-0.3, -0.25) is 4.79 Å². The SMILES string of the molecule is CC(C)(C)N(CC(=O)O)C(=O)N(CCO)C1CC1. The fourth-order valence-electron chi connectivity index (χ4n) is 1.81. The van der Waals surface area contributed by atoms with E-state index >= 15 is 0 Å². The van der Waals surface area contributed by atoms with Crippen LogP contribution >= 0.6 is 0 Å². The van der Waals surface area contributed by atoms with Gasteiger partial charge in [0, 0.05) is 18.1 Å². The van der Waals surface area contributed by atoms with Gasteiger partial charge in [0.15, 0.2) is 0 Å². The Hall–Kier alpha value is -1.30. The fraction of sp³-hybridized carbons (Fsp3) is 0.833. The van der Waals surface area contributed by atoms with Crippen LogP contribution in [0.1, 0.15) is 33.6 Å². The minimum atomic E-state index is -1.03. The van der Waals surface area contributed by atoms with Gasteiger partial charge in [0.1, 0.15) is 6.54 Å². The van der Waals surface area contributed by atoms with Crippen molar-refractivity contribution in [2.75, 3.05) is 19.7 Å². The van der Waals surface area contributed by atoms with Gasteiger partial charge in [-0.05, 0) is 33.6 Å². The van der Waals surface area contributed by atoms with Crippen molar-refractivity contribution in [1.29, 1.82) is 0 Å². The first-order valence-corrected chi connectivity index (χ1v) is 6.18. The first-order valence-electron chi connectivity index (χ1n) is 6.18. The van der Waals surface area contributed by atoms with Crippen molar-refractivity contribution in [2.45, 2.75) is 45.2 Å². The molecule has 6 heteroatoms. The molecule has 2 N–H and O–H groups in total. The van der Waals surface area contributed by atoms with E-state index in [1.807, 2.05) is 0 Å². The molecule has 1 aliphatic carbocycles. The Labute approximate surface area is 107 Å². The van der Waals surface area contributed by atoms with Gasteiger partial charge >= 0.3 is 12.0 Å². The normalized spacial score (nSPS) is 15.3. The van der Waals surface area contributed by atoms with Crippen molar-refractivity contribution in [1.82, 2.24) is 9.80 Å². The molecular formula is C12H22N2O4. The summed E-state index contributed by atoms with van der Waals surface area (Å²) in [5, 5.41) is 17.9. The maximum atomic E-state index is 12.4. The van der Waals surface area contributed by atoms with Gasteiger partial charge < -0.3 is 20.0 Å². The smallest absolute Gasteiger partial charge is 0.323 e. The number of carboxylic acids is 1. The van der Waals surface area contributed by atoms with Gasteiger partial charge in [0.25, 0.3) is 0 Å². The van der Waals surface area contributed by atoms with Gasteiger partial charge in [0.05, 0.1) is 6.61 Å². The summed E-state index contributed by atoms with van der Waals surface area (Å²) in [5.74, 6) is -1.03. The van der Waals surface area contributed by atoms with Crippen molar-refractivity contribution in [3.63, 3.8) is 0 Å². The fourth-order valence-corrected chi connectivity index (χ4v) is 1.81. The lowest BCUT2D eigenvalue weighted by molar-refractivity contribution is -0.138. The molecule has 1 fully saturated rings. The van der Waals surface area contributed by atoms with Crippen LogP contribution < -0.4 is 0 Å². The van der Waals surface area contributed by atoms with Crippen molar-refractivity contribution in [2.24, 2.45) is 0 Å². The molecule has 18 heavy (non-hydrogen) atoms. The number of nitrogens with zero attached hydrogens (tertiary/aromatic N) is 2. The number of carbonyl (C=O) groups is 2. The van der Waals surface area contributed by atoms with Crippen LogP contribution in [-0.2, 0) is 4.79 Å². The molecular weight excluding hydrogens is 236 g/mol. The molecule has 0 heterocycles. The lowest BCUT2D eigenvalue weighted by atomic mass is 10.1. The number of rotatable bonds is 5. The number of amides is 2. The number of urea groups is 1. The summed E-state index contributed by atoms with van der Waals surface area (Å²) in [6.07, 6.45) is 1.85. The molecule has 2 amide bonds. The lowest BCUT2D eigenvalue weighted by Gasteiger charge is -2.38. The van der Waals surface area contributed by atoms with Crippen molar-refractivity contribution >= 4 is 12.0 Å². The summed E-state index contributed by atoms with van der Waals surface area (Å²) in [4.78, 5) is 26.2. The molecule has 1 saturated carbocycles. The van der Waals surface area contributed by atoms with E-state index in [0.29, 0.717) is 0 Å². The summed E-state index contributed by atoms with van der Waals surface area (Å²) in [5.41, 5.74) is -0.557. The largest absolute Gasteiger partial charge is 0.480 e. The lowest BCUT2D eigenvalue weighted by Crippen LogP contribution is -2.54. The summed E-state index contributed by atoms with van der Waals surface area (Å²) in [7, 11) is 0. The van der Waals surface area contributed by atoms with Gasteiger partial charge in [-0.25, -0.2) is 4.79 Å². The van der Waals surface area contributed by atoms with E-state index in [9.17, 15) is 9.59 Å². The third-order valence-electron chi connectivity index (χ3n) is 2.91. The highest BCUT2D eigenvalue weighted by atomic mass is 16.4. The summed E-state index contributed by atoms with van der Waals surface area (Å²) in [6, 6.07) is -0.148. The first-order chi connectivity index (χ1) is 8.27. The minimum Gasteiger partial charge on any atom is -0.480 e. The van der Waals surface area contributed by atoms with Crippen LogP contribution in [0.15, 0.2) is 0 Å². The average Bonchev–Trinajstić information content (AvgIpc) is 3.03. The highest BCUT2D eigenvalue weighted by Crippen LogP contribution is 2.29. The predicted molar refractivity (Wildman–Crippen MR) is 66.3 cm³/mol. The molecule has 1 aliphatic rings. The second-order valence-corrected chi connectivity index (χ2v) is 5.58. The first kappa shape index (κ1) is 14.8. The average molecular weight is 258 g/mol. The number of carbonyl (C=O) groups excluding carboxylic acids is 1. The maximum Gasteiger partial charge on any atom is 0.323 e. The van der Waals surface area contributed by atoms with E-state index in [4.69, 9.17) is 10.2 Å². The highest BCUT2D eigenvalue weighted by Gasteiger charge is 2.38. The molecule has 6 nitrogen and oxygen atoms in total. The zero-order valence-corrected chi connectivity index (χ0v) is 11.2. The van der Waals surface area contributed by atoms with Gasteiger partial charge in [0.2, 0.25) is 0 Å². The molecule has 104 valence electrons. The maximum absolute atomic E-state index is 12.4. The topological polar surface area (TPSA) is 81.1 Å². The van der Waals surface area contributed by atoms with Crippen LogP contribution in [-0.4, -0.2) is 63.3 Å². The Bertz CT molecular complexity index is 321. The quantitative estimate of drug-likeness (QED) is 0.762. The molecule has 0 aromatic rings. The molecule has 0 bridgehead atoms. The van der Waals surface area contributed by atoms with Gasteiger partial charge in [-0.15, -0.1) is 0 Å². The van der Waals surface area contributed by atoms with Crippen LogP contribution in [0.4, 0.5) is 4.79 Å². The molecule has 0 aromatic carbocycles. The van der Waals surface area contributed by atoms with E-state index in [2.05, 4.69) is 0 Å². The Morgan fingerprint density at radius 1 is 1.28 bits per heavy atom. The molecule has 0 atom stereocenters. The molecule has 0 saturated heterocycles. The molecule has 0 spiro atoms. The van der Waals surface area contributed by atoms with E-state index in [1.165, 1.54) is 4.90 Å². The standard InChI is InChI=1S/C12H22N2O4/c1-12(2,3)14(8-10(16)17)11(18)13(6-7-15)9-4-5-9/h9,15H,4-8H2,1-3H3,(H,16,17). The molecule has 0 aromatic heterocycles. The van der Waals surface area contributed by atoms with Crippen molar-refractivity contribution < 1.29 is 19.8 Å². The number of carboxylic acid groups (broad SMARTS) is 1. The Morgan fingerprint density at radius 3 is 2.17 bits per heavy atom. The van der Waals surface area contributed by atoms with Gasteiger partial charge in [-0.2, -0.15) is 0 Å². The Kier molecular flexibility index (Phi) is 4.56. The summed E-state index contributed by atoms with van der Waals surface area (Å²) in [6.45, 7) is 5.24. The molecule has 1 rings (SSSR count). The number of aliphatic hydroxyl groups excluding tert-OH is 1. The number of aliphatic carboxylic acids is 1. The van der Waals surface area contributed by atoms with Crippen LogP contribution in [0.25, 0.3) is 0 Å². The van der Waals surface area contributed by atoms with Crippen molar-refractivity contribution in [3.05, 3.63) is 0 Å². The monoisotopic (exact) mass is 258 g/mol. The van der Waals surface area contributed by atoms with Crippen LogP contribution in [0, 0.1) is 0 Å². The van der Waals surface area contributed by atoms with Crippen LogP contribution in [0.2, 0.25) is 0 Å². The molecule has 0 aliphatic heterocycles. The van der Waals surface area contributed by atoms with E-state index in [-0.39, 0.29) is 31.8 Å². The minimum absolute atomic E-state index is 0.104. The number of aliphatic hydroxyl groups is 1. The number of hydrogen-bond acceptors (Lipinski definition) is 3. The third kappa shape index (κ3) is 3.87. The molecule has 0 unspecified atom stereocenters. The predicted octanol–water partition coefficient (Wildman–Crippen LogP) is 0.748. The van der Waals surface area contributed by atoms with E-state index in [0.717, 1.165) is 12.8 Å². The van der Waals surface area contributed by atoms with E-state index < -0.39 is 11.5 Å². The van der Waals surface area contributed by atoms with Crippen LogP contribution in [0.5, 0.6) is 0 Å². The second-order valence-electron chi connectivity index (χ2n) is 5.58. The third-order valence-corrected chi connectivity index (χ3v) is 2.91. The highest BCUT2D eigenvalue weighted by molar-refractivity contribution is 5.81. The summed E-state index contributed by atoms with van der Waals surface area (Å²) < 4.78 is 0. The zero-order valence-electron chi connectivity index (χ0n) is 11.2. The molecule has 0 radical (unpaired) electrons. The van der Waals surface area contributed by atoms with Gasteiger partial charge in [-0.1, -0.05) is 0 Å². The van der Waals surface area contributed by atoms with E-state index in [1.54, 1.807) is 25.7 Å². The van der Waals surface area contributed by atoms with Crippen molar-refractivity contribution in [3.8, 4) is 0 Å². The Morgan fingerprint density at radius 2 is 1.83 bits per heavy atom. The van der Waals surface area contributed by atoms with Crippen LogP contribution in [0.3, 0.4) is 0 Å². The summed E-state index contributed by atoms with van der Waals surface area (Å²) >= 11 is 0.